The van der Waals surface area contributed by atoms with E-state index in [0.717, 1.165) is 24.4 Å². The number of aliphatic hydroxyl groups is 1. The van der Waals surface area contributed by atoms with Crippen LogP contribution in [0.2, 0.25) is 0 Å². The molecule has 0 fully saturated rings. The van der Waals surface area contributed by atoms with Crippen molar-refractivity contribution in [3.63, 3.8) is 0 Å². The van der Waals surface area contributed by atoms with Gasteiger partial charge in [0.1, 0.15) is 5.75 Å². The predicted octanol–water partition coefficient (Wildman–Crippen LogP) is 1.68. The maximum Gasteiger partial charge on any atom is 0.261 e. The molecule has 0 atom stereocenters. The van der Waals surface area contributed by atoms with E-state index in [0.29, 0.717) is 23.5 Å². The molecule has 0 unspecified atom stereocenters. The third kappa shape index (κ3) is 5.04. The van der Waals surface area contributed by atoms with E-state index in [9.17, 15) is 9.59 Å². The standard InChI is InChI=1S/C13H15NO4.C4H11N/c1-2-7-18-9-3-4-10-11(8-9)13(17)14(5-6-15)12(10)16;1-3-5-4-2/h3-4,8,15H,2,5-7H2,1H3;5H,3-4H2,1-2H3. The van der Waals surface area contributed by atoms with Crippen molar-refractivity contribution in [2.75, 3.05) is 32.8 Å². The van der Waals surface area contributed by atoms with Crippen LogP contribution in [0.1, 0.15) is 47.9 Å². The molecule has 1 aliphatic heterocycles. The smallest absolute Gasteiger partial charge is 0.261 e. The Balaban J connectivity index is 0.000000463. The molecule has 1 aromatic rings. The van der Waals surface area contributed by atoms with Gasteiger partial charge in [0, 0.05) is 0 Å². The Kier molecular flexibility index (Phi) is 8.29. The molecule has 6 heteroatoms. The van der Waals surface area contributed by atoms with Crippen LogP contribution in [-0.2, 0) is 0 Å². The van der Waals surface area contributed by atoms with Gasteiger partial charge in [0.2, 0.25) is 0 Å². The molecule has 1 heterocycles. The van der Waals surface area contributed by atoms with E-state index in [4.69, 9.17) is 9.84 Å². The van der Waals surface area contributed by atoms with Crippen molar-refractivity contribution in [1.29, 1.82) is 0 Å². The van der Waals surface area contributed by atoms with Gasteiger partial charge in [0.25, 0.3) is 11.8 Å². The maximum atomic E-state index is 12.0. The van der Waals surface area contributed by atoms with Gasteiger partial charge in [-0.05, 0) is 37.7 Å². The highest BCUT2D eigenvalue weighted by Crippen LogP contribution is 2.26. The van der Waals surface area contributed by atoms with Crippen LogP contribution in [0.4, 0.5) is 0 Å². The molecule has 23 heavy (non-hydrogen) atoms. The Hall–Kier alpha value is -1.92. The molecule has 0 bridgehead atoms. The van der Waals surface area contributed by atoms with E-state index in [-0.39, 0.29) is 25.0 Å². The lowest BCUT2D eigenvalue weighted by Crippen LogP contribution is -2.32. The van der Waals surface area contributed by atoms with E-state index in [1.54, 1.807) is 18.2 Å². The minimum absolute atomic E-state index is 0.0253. The van der Waals surface area contributed by atoms with E-state index in [1.165, 1.54) is 0 Å². The Morgan fingerprint density at radius 1 is 1.09 bits per heavy atom. The lowest BCUT2D eigenvalue weighted by atomic mass is 10.1. The Labute approximate surface area is 137 Å². The number of fused-ring (bicyclic) bond motifs is 1. The van der Waals surface area contributed by atoms with Gasteiger partial charge in [-0.1, -0.05) is 20.8 Å². The first-order chi connectivity index (χ1) is 11.1. The van der Waals surface area contributed by atoms with Crippen LogP contribution in [0.25, 0.3) is 0 Å². The van der Waals surface area contributed by atoms with E-state index in [2.05, 4.69) is 19.2 Å². The number of β-amino-alcohol motifs (C(OH)–C–C–N with tert-alkyl or cyclic N) is 1. The van der Waals surface area contributed by atoms with Crippen molar-refractivity contribution in [1.82, 2.24) is 10.2 Å². The van der Waals surface area contributed by atoms with Crippen LogP contribution in [0.5, 0.6) is 5.75 Å². The number of carbonyl (C=O) groups excluding carboxylic acids is 2. The van der Waals surface area contributed by atoms with Crippen LogP contribution in [0, 0.1) is 0 Å². The van der Waals surface area contributed by atoms with Crippen LogP contribution < -0.4 is 10.1 Å². The summed E-state index contributed by atoms with van der Waals surface area (Å²) in [6.07, 6.45) is 0.876. The lowest BCUT2D eigenvalue weighted by Gasteiger charge is -2.10. The average Bonchev–Trinajstić information content (AvgIpc) is 2.79. The topological polar surface area (TPSA) is 78.9 Å². The number of rotatable bonds is 7. The average molecular weight is 322 g/mol. The van der Waals surface area contributed by atoms with Gasteiger partial charge in [-0.15, -0.1) is 0 Å². The number of benzene rings is 1. The Morgan fingerprint density at radius 2 is 1.74 bits per heavy atom. The molecule has 0 spiro atoms. The quantitative estimate of drug-likeness (QED) is 0.747. The van der Waals surface area contributed by atoms with Crippen LogP contribution in [0.15, 0.2) is 18.2 Å². The number of aliphatic hydroxyl groups excluding tert-OH is 1. The molecule has 1 aromatic carbocycles. The Morgan fingerprint density at radius 3 is 2.26 bits per heavy atom. The highest BCUT2D eigenvalue weighted by Gasteiger charge is 2.35. The predicted molar refractivity (Wildman–Crippen MR) is 88.9 cm³/mol. The molecule has 6 nitrogen and oxygen atoms in total. The molecule has 1 aliphatic rings. The van der Waals surface area contributed by atoms with Gasteiger partial charge in [0.05, 0.1) is 30.9 Å². The summed E-state index contributed by atoms with van der Waals surface area (Å²) in [4.78, 5) is 24.9. The molecular formula is C17H26N2O4. The molecule has 128 valence electrons. The maximum absolute atomic E-state index is 12.0. The van der Waals surface area contributed by atoms with Crippen LogP contribution in [-0.4, -0.2) is 54.7 Å². The highest BCUT2D eigenvalue weighted by atomic mass is 16.5. The van der Waals surface area contributed by atoms with E-state index < -0.39 is 0 Å². The summed E-state index contributed by atoms with van der Waals surface area (Å²) in [6.45, 7) is 8.74. The van der Waals surface area contributed by atoms with Gasteiger partial charge in [-0.2, -0.15) is 0 Å². The fourth-order valence-corrected chi connectivity index (χ4v) is 2.13. The zero-order valence-corrected chi connectivity index (χ0v) is 14.1. The molecule has 0 radical (unpaired) electrons. The monoisotopic (exact) mass is 322 g/mol. The van der Waals surface area contributed by atoms with Crippen molar-refractivity contribution >= 4 is 11.8 Å². The van der Waals surface area contributed by atoms with Gasteiger partial charge in [-0.25, -0.2) is 0 Å². The SMILES string of the molecule is CCCOc1ccc2c(c1)C(=O)N(CCO)C2=O.CCNCC. The second kappa shape index (κ2) is 9.97. The molecule has 0 aromatic heterocycles. The van der Waals surface area contributed by atoms with Crippen molar-refractivity contribution in [2.24, 2.45) is 0 Å². The first-order valence-corrected chi connectivity index (χ1v) is 8.05. The van der Waals surface area contributed by atoms with Gasteiger partial charge < -0.3 is 15.2 Å². The number of nitrogens with zero attached hydrogens (tertiary/aromatic N) is 1. The minimum Gasteiger partial charge on any atom is -0.494 e. The third-order valence-electron chi connectivity index (χ3n) is 3.24. The van der Waals surface area contributed by atoms with E-state index >= 15 is 0 Å². The summed E-state index contributed by atoms with van der Waals surface area (Å²) in [5.74, 6) is -0.139. The van der Waals surface area contributed by atoms with Crippen molar-refractivity contribution in [3.05, 3.63) is 29.3 Å². The fraction of sp³-hybridized carbons (Fsp3) is 0.529. The molecular weight excluding hydrogens is 296 g/mol. The number of nitrogens with one attached hydrogen (secondary N) is 1. The largest absolute Gasteiger partial charge is 0.494 e. The van der Waals surface area contributed by atoms with Gasteiger partial charge in [0.15, 0.2) is 0 Å². The second-order valence-electron chi connectivity index (χ2n) is 5.00. The first kappa shape index (κ1) is 19.1. The summed E-state index contributed by atoms with van der Waals surface area (Å²) in [7, 11) is 0. The summed E-state index contributed by atoms with van der Waals surface area (Å²) >= 11 is 0. The molecule has 2 rings (SSSR count). The molecule has 2 amide bonds. The lowest BCUT2D eigenvalue weighted by molar-refractivity contribution is 0.0624. The van der Waals surface area contributed by atoms with E-state index in [1.807, 2.05) is 6.92 Å². The number of ether oxygens (including phenoxy) is 1. The van der Waals surface area contributed by atoms with Crippen molar-refractivity contribution in [3.8, 4) is 5.75 Å². The number of amides is 2. The minimum atomic E-state index is -0.369. The number of hydrogen-bond acceptors (Lipinski definition) is 5. The summed E-state index contributed by atoms with van der Waals surface area (Å²) in [5, 5.41) is 12.0. The second-order valence-corrected chi connectivity index (χ2v) is 5.00. The summed E-state index contributed by atoms with van der Waals surface area (Å²) in [6, 6.07) is 4.86. The van der Waals surface area contributed by atoms with Gasteiger partial charge >= 0.3 is 0 Å². The normalized spacial score (nSPS) is 12.8. The highest BCUT2D eigenvalue weighted by molar-refractivity contribution is 6.21. The fourth-order valence-electron chi connectivity index (χ4n) is 2.13. The van der Waals surface area contributed by atoms with Crippen LogP contribution >= 0.6 is 0 Å². The summed E-state index contributed by atoms with van der Waals surface area (Å²) < 4.78 is 5.43. The molecule has 2 N–H and O–H groups in total. The molecule has 0 saturated carbocycles. The summed E-state index contributed by atoms with van der Waals surface area (Å²) in [5.41, 5.74) is 0.722. The molecule has 0 saturated heterocycles. The zero-order valence-electron chi connectivity index (χ0n) is 14.1. The number of imide groups is 1. The van der Waals surface area contributed by atoms with Crippen LogP contribution in [0.3, 0.4) is 0 Å². The Bertz CT molecular complexity index is 529. The van der Waals surface area contributed by atoms with Gasteiger partial charge in [-0.3, -0.25) is 14.5 Å². The zero-order chi connectivity index (χ0) is 17.2. The molecule has 0 aliphatic carbocycles. The number of carbonyl (C=O) groups is 2. The third-order valence-corrected chi connectivity index (χ3v) is 3.24. The van der Waals surface area contributed by atoms with Crippen molar-refractivity contribution < 1.29 is 19.4 Å². The first-order valence-electron chi connectivity index (χ1n) is 8.05. The van der Waals surface area contributed by atoms with Crippen molar-refractivity contribution in [2.45, 2.75) is 27.2 Å². The number of hydrogen-bond donors (Lipinski definition) is 2.